The summed E-state index contributed by atoms with van der Waals surface area (Å²) in [5.41, 5.74) is 1.24. The molecule has 1 unspecified atom stereocenters. The van der Waals surface area contributed by atoms with E-state index < -0.39 is 0 Å². The van der Waals surface area contributed by atoms with Gasteiger partial charge in [0, 0.05) is 18.5 Å². The van der Waals surface area contributed by atoms with Gasteiger partial charge in [0.15, 0.2) is 0 Å². The zero-order valence-electron chi connectivity index (χ0n) is 12.7. The summed E-state index contributed by atoms with van der Waals surface area (Å²) in [6, 6.07) is 10.8. The molecule has 0 spiro atoms. The third kappa shape index (κ3) is 3.55. The summed E-state index contributed by atoms with van der Waals surface area (Å²) in [6.07, 6.45) is 12.5. The summed E-state index contributed by atoms with van der Waals surface area (Å²) in [5, 5.41) is 0. The van der Waals surface area contributed by atoms with Crippen LogP contribution in [0.4, 0.5) is 0 Å². The Hall–Kier alpha value is -1.57. The van der Waals surface area contributed by atoms with Gasteiger partial charge in [-0.05, 0) is 44.1 Å². The number of amides is 1. The highest BCUT2D eigenvalue weighted by Gasteiger charge is 2.33. The smallest absolute Gasteiger partial charge is 0.225 e. The summed E-state index contributed by atoms with van der Waals surface area (Å²) in [6.45, 7) is 0.971. The average molecular weight is 283 g/mol. The molecule has 1 aromatic rings. The van der Waals surface area contributed by atoms with E-state index >= 15 is 0 Å². The molecule has 112 valence electrons. The molecule has 1 aliphatic carbocycles. The Kier molecular flexibility index (Phi) is 4.74. The maximum atomic E-state index is 12.5. The van der Waals surface area contributed by atoms with E-state index in [4.69, 9.17) is 0 Å². The van der Waals surface area contributed by atoms with Crippen LogP contribution in [0.15, 0.2) is 36.4 Å². The van der Waals surface area contributed by atoms with Gasteiger partial charge in [0.2, 0.25) is 5.91 Å². The van der Waals surface area contributed by atoms with Crippen molar-refractivity contribution < 1.29 is 4.79 Å². The van der Waals surface area contributed by atoms with Crippen LogP contribution in [0.2, 0.25) is 0 Å². The molecular formula is C19H25NO. The van der Waals surface area contributed by atoms with E-state index in [1.165, 1.54) is 24.8 Å². The number of carbonyl (C=O) groups is 1. The highest BCUT2D eigenvalue weighted by Crippen LogP contribution is 2.31. The fourth-order valence-electron chi connectivity index (χ4n) is 3.35. The second-order valence-electron chi connectivity index (χ2n) is 6.36. The maximum Gasteiger partial charge on any atom is 0.225 e. The quantitative estimate of drug-likeness (QED) is 0.808. The van der Waals surface area contributed by atoms with Crippen molar-refractivity contribution in [3.8, 4) is 0 Å². The van der Waals surface area contributed by atoms with Gasteiger partial charge in [-0.1, -0.05) is 48.9 Å². The number of piperidine rings is 1. The lowest BCUT2D eigenvalue weighted by atomic mass is 9.83. The predicted octanol–water partition coefficient (Wildman–Crippen LogP) is 4.27. The second kappa shape index (κ2) is 6.93. The number of nitrogens with zero attached hydrogens (tertiary/aromatic N) is 1. The highest BCUT2D eigenvalue weighted by atomic mass is 16.2. The molecule has 3 rings (SSSR count). The van der Waals surface area contributed by atoms with Crippen LogP contribution in [0, 0.1) is 5.92 Å². The molecule has 1 heterocycles. The molecule has 1 saturated heterocycles. The number of hydrogen-bond donors (Lipinski definition) is 0. The Bertz CT molecular complexity index is 490. The van der Waals surface area contributed by atoms with Gasteiger partial charge in [-0.2, -0.15) is 0 Å². The van der Waals surface area contributed by atoms with Gasteiger partial charge in [0.05, 0.1) is 0 Å². The van der Waals surface area contributed by atoms with E-state index in [-0.39, 0.29) is 0 Å². The molecule has 0 bridgehead atoms. The van der Waals surface area contributed by atoms with Crippen molar-refractivity contribution in [3.05, 3.63) is 42.0 Å². The van der Waals surface area contributed by atoms with Crippen molar-refractivity contribution in [3.63, 3.8) is 0 Å². The van der Waals surface area contributed by atoms with Gasteiger partial charge in [-0.3, -0.25) is 4.79 Å². The van der Waals surface area contributed by atoms with Crippen LogP contribution in [-0.4, -0.2) is 23.4 Å². The zero-order valence-corrected chi connectivity index (χ0v) is 12.7. The normalized spacial score (nSPS) is 23.2. The molecule has 1 amide bonds. The van der Waals surface area contributed by atoms with Crippen molar-refractivity contribution in [2.75, 3.05) is 6.54 Å². The molecule has 1 aliphatic heterocycles. The molecule has 2 nitrogen and oxygen atoms in total. The van der Waals surface area contributed by atoms with Crippen LogP contribution >= 0.6 is 0 Å². The predicted molar refractivity (Wildman–Crippen MR) is 86.8 cm³/mol. The Morgan fingerprint density at radius 2 is 1.90 bits per heavy atom. The van der Waals surface area contributed by atoms with Crippen molar-refractivity contribution in [2.24, 2.45) is 5.92 Å². The lowest BCUT2D eigenvalue weighted by Crippen LogP contribution is -2.47. The number of benzene rings is 1. The zero-order chi connectivity index (χ0) is 14.5. The van der Waals surface area contributed by atoms with E-state index in [0.717, 1.165) is 32.2 Å². The average Bonchev–Trinajstić information content (AvgIpc) is 2.47. The monoisotopic (exact) mass is 283 g/mol. The lowest BCUT2D eigenvalue weighted by Gasteiger charge is -2.39. The van der Waals surface area contributed by atoms with E-state index in [1.54, 1.807) is 0 Å². The van der Waals surface area contributed by atoms with Gasteiger partial charge in [0.25, 0.3) is 0 Å². The summed E-state index contributed by atoms with van der Waals surface area (Å²) in [5.74, 6) is 0.766. The van der Waals surface area contributed by atoms with Crippen molar-refractivity contribution in [1.82, 2.24) is 4.90 Å². The van der Waals surface area contributed by atoms with Crippen LogP contribution in [0.5, 0.6) is 0 Å². The van der Waals surface area contributed by atoms with E-state index in [2.05, 4.69) is 41.3 Å². The number of rotatable bonds is 4. The van der Waals surface area contributed by atoms with E-state index in [0.29, 0.717) is 17.9 Å². The first-order valence-electron chi connectivity index (χ1n) is 8.36. The molecule has 0 radical (unpaired) electrons. The molecule has 0 aromatic heterocycles. The summed E-state index contributed by atoms with van der Waals surface area (Å²) < 4.78 is 0. The fourth-order valence-corrected chi connectivity index (χ4v) is 3.35. The molecule has 1 aromatic carbocycles. The van der Waals surface area contributed by atoms with Crippen LogP contribution in [0.3, 0.4) is 0 Å². The Morgan fingerprint density at radius 1 is 1.10 bits per heavy atom. The first-order chi connectivity index (χ1) is 10.3. The molecular weight excluding hydrogens is 258 g/mol. The van der Waals surface area contributed by atoms with Crippen LogP contribution in [0.1, 0.15) is 50.5 Å². The minimum absolute atomic E-state index is 0.337. The van der Waals surface area contributed by atoms with E-state index in [1.807, 2.05) is 6.07 Å². The summed E-state index contributed by atoms with van der Waals surface area (Å²) >= 11 is 0. The molecule has 1 saturated carbocycles. The Balaban J connectivity index is 1.59. The third-order valence-electron chi connectivity index (χ3n) is 4.88. The van der Waals surface area contributed by atoms with Gasteiger partial charge < -0.3 is 4.90 Å². The minimum Gasteiger partial charge on any atom is -0.339 e. The molecule has 1 atom stereocenters. The molecule has 2 fully saturated rings. The molecule has 0 N–H and O–H groups in total. The molecule has 21 heavy (non-hydrogen) atoms. The Morgan fingerprint density at radius 3 is 2.62 bits per heavy atom. The van der Waals surface area contributed by atoms with Crippen molar-refractivity contribution in [2.45, 2.75) is 51.0 Å². The molecule has 2 heteroatoms. The summed E-state index contributed by atoms with van der Waals surface area (Å²) in [7, 11) is 0. The molecule has 2 aliphatic rings. The standard InChI is InChI=1S/C19H25NO/c21-19(17-11-7-12-17)20-15-5-4-13-18(20)14-6-10-16-8-2-1-3-9-16/h1-3,6,8-10,17-18H,4-5,7,11-15H2/b10-6+. The van der Waals surface area contributed by atoms with Crippen molar-refractivity contribution >= 4 is 12.0 Å². The van der Waals surface area contributed by atoms with Crippen LogP contribution < -0.4 is 0 Å². The largest absolute Gasteiger partial charge is 0.339 e. The van der Waals surface area contributed by atoms with Gasteiger partial charge in [-0.15, -0.1) is 0 Å². The topological polar surface area (TPSA) is 20.3 Å². The van der Waals surface area contributed by atoms with Gasteiger partial charge >= 0.3 is 0 Å². The van der Waals surface area contributed by atoms with Gasteiger partial charge in [-0.25, -0.2) is 0 Å². The lowest BCUT2D eigenvalue weighted by molar-refractivity contribution is -0.141. The Labute approximate surface area is 127 Å². The first kappa shape index (κ1) is 14.4. The summed E-state index contributed by atoms with van der Waals surface area (Å²) in [4.78, 5) is 14.7. The third-order valence-corrected chi connectivity index (χ3v) is 4.88. The fraction of sp³-hybridized carbons (Fsp3) is 0.526. The number of carbonyl (C=O) groups excluding carboxylic acids is 1. The highest BCUT2D eigenvalue weighted by molar-refractivity contribution is 5.80. The van der Waals surface area contributed by atoms with Gasteiger partial charge in [0.1, 0.15) is 0 Å². The van der Waals surface area contributed by atoms with Crippen molar-refractivity contribution in [1.29, 1.82) is 0 Å². The SMILES string of the molecule is O=C(C1CCC1)N1CCCCC1C/C=C/c1ccccc1. The van der Waals surface area contributed by atoms with Crippen LogP contribution in [-0.2, 0) is 4.79 Å². The van der Waals surface area contributed by atoms with E-state index in [9.17, 15) is 4.79 Å². The second-order valence-corrected chi connectivity index (χ2v) is 6.36. The van der Waals surface area contributed by atoms with Crippen LogP contribution in [0.25, 0.3) is 6.08 Å². The first-order valence-corrected chi connectivity index (χ1v) is 8.36. The minimum atomic E-state index is 0.337. The number of hydrogen-bond acceptors (Lipinski definition) is 1. The number of likely N-dealkylation sites (tertiary alicyclic amines) is 1. The maximum absolute atomic E-state index is 12.5.